The molecule has 148 valence electrons. The van der Waals surface area contributed by atoms with Crippen molar-refractivity contribution >= 4 is 5.97 Å². The SMILES string of the molecule is COC(=O)[C@@H](C)[C@H](c1cccc(OCC2CC(c3ccccc3)C2)c1)C1CC1. The van der Waals surface area contributed by atoms with Crippen LogP contribution in [0.4, 0.5) is 0 Å². The topological polar surface area (TPSA) is 35.5 Å². The third-order valence-corrected chi connectivity index (χ3v) is 6.48. The summed E-state index contributed by atoms with van der Waals surface area (Å²) in [5, 5.41) is 0. The predicted octanol–water partition coefficient (Wildman–Crippen LogP) is 5.56. The fraction of sp³-hybridized carbons (Fsp3) is 0.480. The second-order valence-electron chi connectivity index (χ2n) is 8.50. The minimum absolute atomic E-state index is 0.119. The van der Waals surface area contributed by atoms with Gasteiger partial charge in [0.2, 0.25) is 0 Å². The summed E-state index contributed by atoms with van der Waals surface area (Å²) in [6.07, 6.45) is 4.79. The molecule has 0 aromatic heterocycles. The zero-order valence-corrected chi connectivity index (χ0v) is 16.8. The smallest absolute Gasteiger partial charge is 0.309 e. The van der Waals surface area contributed by atoms with E-state index in [-0.39, 0.29) is 17.8 Å². The number of rotatable bonds is 8. The van der Waals surface area contributed by atoms with Crippen LogP contribution in [0.2, 0.25) is 0 Å². The first-order chi connectivity index (χ1) is 13.7. The minimum atomic E-state index is -0.121. The first-order valence-corrected chi connectivity index (χ1v) is 10.5. The Morgan fingerprint density at radius 1 is 1.07 bits per heavy atom. The van der Waals surface area contributed by atoms with Crippen LogP contribution in [0.15, 0.2) is 54.6 Å². The Kier molecular flexibility index (Phi) is 5.70. The molecule has 0 radical (unpaired) electrons. The molecule has 2 aliphatic carbocycles. The molecule has 4 rings (SSSR count). The molecule has 2 atom stereocenters. The number of esters is 1. The molecule has 0 heterocycles. The Labute approximate surface area is 168 Å². The first kappa shape index (κ1) is 19.0. The molecule has 3 heteroatoms. The van der Waals surface area contributed by atoms with Crippen molar-refractivity contribution < 1.29 is 14.3 Å². The highest BCUT2D eigenvalue weighted by molar-refractivity contribution is 5.73. The molecule has 3 nitrogen and oxygen atoms in total. The normalized spacial score (nSPS) is 23.4. The van der Waals surface area contributed by atoms with Gasteiger partial charge in [-0.3, -0.25) is 4.79 Å². The number of benzene rings is 2. The predicted molar refractivity (Wildman–Crippen MR) is 110 cm³/mol. The van der Waals surface area contributed by atoms with Crippen LogP contribution in [0.1, 0.15) is 55.6 Å². The lowest BCUT2D eigenvalue weighted by Crippen LogP contribution is -2.27. The van der Waals surface area contributed by atoms with E-state index in [9.17, 15) is 4.79 Å². The van der Waals surface area contributed by atoms with Gasteiger partial charge < -0.3 is 9.47 Å². The lowest BCUT2D eigenvalue weighted by Gasteiger charge is -2.35. The van der Waals surface area contributed by atoms with E-state index in [1.807, 2.05) is 13.0 Å². The molecular formula is C25H30O3. The maximum Gasteiger partial charge on any atom is 0.309 e. The van der Waals surface area contributed by atoms with Crippen molar-refractivity contribution in [1.29, 1.82) is 0 Å². The van der Waals surface area contributed by atoms with Gasteiger partial charge in [-0.25, -0.2) is 0 Å². The van der Waals surface area contributed by atoms with Crippen LogP contribution in [-0.2, 0) is 9.53 Å². The van der Waals surface area contributed by atoms with Crippen LogP contribution < -0.4 is 4.74 Å². The number of ether oxygens (including phenoxy) is 2. The Morgan fingerprint density at radius 3 is 2.50 bits per heavy atom. The van der Waals surface area contributed by atoms with E-state index in [1.165, 1.54) is 43.9 Å². The van der Waals surface area contributed by atoms with Crippen molar-refractivity contribution in [2.75, 3.05) is 13.7 Å². The van der Waals surface area contributed by atoms with Crippen LogP contribution in [0.25, 0.3) is 0 Å². The molecule has 2 aliphatic rings. The fourth-order valence-electron chi connectivity index (χ4n) is 4.65. The molecule has 28 heavy (non-hydrogen) atoms. The highest BCUT2D eigenvalue weighted by Crippen LogP contribution is 2.47. The molecule has 0 saturated heterocycles. The van der Waals surface area contributed by atoms with E-state index in [4.69, 9.17) is 9.47 Å². The Morgan fingerprint density at radius 2 is 1.82 bits per heavy atom. The van der Waals surface area contributed by atoms with E-state index in [0.29, 0.717) is 17.8 Å². The van der Waals surface area contributed by atoms with E-state index in [1.54, 1.807) is 0 Å². The Hall–Kier alpha value is -2.29. The van der Waals surface area contributed by atoms with Crippen LogP contribution in [0.3, 0.4) is 0 Å². The average molecular weight is 379 g/mol. The molecule has 0 amide bonds. The lowest BCUT2D eigenvalue weighted by atomic mass is 9.72. The molecule has 2 aromatic rings. The molecule has 0 unspecified atom stereocenters. The van der Waals surface area contributed by atoms with Crippen LogP contribution in [0.5, 0.6) is 5.75 Å². The van der Waals surface area contributed by atoms with Crippen molar-refractivity contribution in [3.8, 4) is 5.75 Å². The second kappa shape index (κ2) is 8.38. The molecule has 0 spiro atoms. The van der Waals surface area contributed by atoms with Crippen molar-refractivity contribution in [2.24, 2.45) is 17.8 Å². The molecule has 0 N–H and O–H groups in total. The van der Waals surface area contributed by atoms with E-state index in [2.05, 4.69) is 48.5 Å². The summed E-state index contributed by atoms with van der Waals surface area (Å²) in [5.74, 6) is 2.80. The number of carbonyl (C=O) groups excluding carboxylic acids is 1. The summed E-state index contributed by atoms with van der Waals surface area (Å²) in [6, 6.07) is 19.1. The number of methoxy groups -OCH3 is 1. The van der Waals surface area contributed by atoms with Gasteiger partial charge in [0.05, 0.1) is 19.6 Å². The van der Waals surface area contributed by atoms with Crippen molar-refractivity contribution in [2.45, 2.75) is 44.4 Å². The number of hydrogen-bond acceptors (Lipinski definition) is 3. The van der Waals surface area contributed by atoms with Gasteiger partial charge in [0.15, 0.2) is 0 Å². The van der Waals surface area contributed by atoms with Gasteiger partial charge in [0.1, 0.15) is 5.75 Å². The van der Waals surface area contributed by atoms with Crippen molar-refractivity contribution in [1.82, 2.24) is 0 Å². The van der Waals surface area contributed by atoms with E-state index in [0.717, 1.165) is 12.4 Å². The fourth-order valence-corrected chi connectivity index (χ4v) is 4.65. The first-order valence-electron chi connectivity index (χ1n) is 10.5. The largest absolute Gasteiger partial charge is 0.493 e. The number of carbonyl (C=O) groups is 1. The zero-order chi connectivity index (χ0) is 19.5. The lowest BCUT2D eigenvalue weighted by molar-refractivity contribution is -0.145. The highest BCUT2D eigenvalue weighted by atomic mass is 16.5. The van der Waals surface area contributed by atoms with Gasteiger partial charge in [-0.15, -0.1) is 0 Å². The Bertz CT molecular complexity index is 790. The van der Waals surface area contributed by atoms with E-state index < -0.39 is 0 Å². The summed E-state index contributed by atoms with van der Waals surface area (Å²) in [6.45, 7) is 2.76. The van der Waals surface area contributed by atoms with Gasteiger partial charge in [0.25, 0.3) is 0 Å². The minimum Gasteiger partial charge on any atom is -0.493 e. The Balaban J connectivity index is 1.34. The van der Waals surface area contributed by atoms with Gasteiger partial charge in [-0.05, 0) is 72.6 Å². The third-order valence-electron chi connectivity index (χ3n) is 6.48. The summed E-state index contributed by atoms with van der Waals surface area (Å²) in [7, 11) is 1.48. The highest BCUT2D eigenvalue weighted by Gasteiger charge is 2.39. The molecule has 0 bridgehead atoms. The third kappa shape index (κ3) is 4.24. The molecule has 2 saturated carbocycles. The quantitative estimate of drug-likeness (QED) is 0.564. The van der Waals surface area contributed by atoms with Gasteiger partial charge in [0, 0.05) is 0 Å². The second-order valence-corrected chi connectivity index (χ2v) is 8.50. The molecule has 0 aliphatic heterocycles. The molecular weight excluding hydrogens is 348 g/mol. The van der Waals surface area contributed by atoms with Crippen molar-refractivity contribution in [3.05, 3.63) is 65.7 Å². The van der Waals surface area contributed by atoms with Gasteiger partial charge in [-0.1, -0.05) is 49.4 Å². The van der Waals surface area contributed by atoms with Gasteiger partial charge in [-0.2, -0.15) is 0 Å². The molecule has 2 aromatic carbocycles. The summed E-state index contributed by atoms with van der Waals surface area (Å²) < 4.78 is 11.1. The molecule has 2 fully saturated rings. The standard InChI is InChI=1S/C25H30O3/c1-17(25(26)27-2)24(20-11-12-20)21-9-6-10-23(15-21)28-16-18-13-22(14-18)19-7-4-3-5-8-19/h3-10,15,17-18,20,22,24H,11-14,16H2,1-2H3/t17-,18?,22?,24-/m0/s1. The summed E-state index contributed by atoms with van der Waals surface area (Å²) in [4.78, 5) is 12.1. The average Bonchev–Trinajstić information content (AvgIpc) is 3.52. The monoisotopic (exact) mass is 378 g/mol. The maximum atomic E-state index is 12.1. The zero-order valence-electron chi connectivity index (χ0n) is 16.8. The van der Waals surface area contributed by atoms with E-state index >= 15 is 0 Å². The van der Waals surface area contributed by atoms with Crippen molar-refractivity contribution in [3.63, 3.8) is 0 Å². The maximum absolute atomic E-state index is 12.1. The summed E-state index contributed by atoms with van der Waals surface area (Å²) in [5.41, 5.74) is 2.65. The summed E-state index contributed by atoms with van der Waals surface area (Å²) >= 11 is 0. The van der Waals surface area contributed by atoms with Crippen LogP contribution >= 0.6 is 0 Å². The van der Waals surface area contributed by atoms with Crippen LogP contribution in [0, 0.1) is 17.8 Å². The van der Waals surface area contributed by atoms with Crippen LogP contribution in [-0.4, -0.2) is 19.7 Å². The number of hydrogen-bond donors (Lipinski definition) is 0. The van der Waals surface area contributed by atoms with Gasteiger partial charge >= 0.3 is 5.97 Å².